The number of amides is 1. The second-order valence-corrected chi connectivity index (χ2v) is 7.83. The Bertz CT molecular complexity index is 1310. The van der Waals surface area contributed by atoms with Crippen LogP contribution in [0.3, 0.4) is 0 Å². The molecule has 7 heteroatoms. The zero-order valence-corrected chi connectivity index (χ0v) is 16.2. The monoisotopic (exact) mass is 388 g/mol. The molecule has 1 saturated carbocycles. The molecule has 1 aliphatic rings. The molecule has 0 spiro atoms. The minimum Gasteiger partial charge on any atom is -0.335 e. The lowest BCUT2D eigenvalue weighted by atomic mass is 10.0. The first-order valence-electron chi connectivity index (χ1n) is 9.74. The first kappa shape index (κ1) is 17.6. The van der Waals surface area contributed by atoms with Gasteiger partial charge in [0.15, 0.2) is 0 Å². The Morgan fingerprint density at radius 2 is 2.07 bits per heavy atom. The molecule has 1 aromatic carbocycles. The number of rotatable bonds is 4. The minimum absolute atomic E-state index is 0.101. The predicted molar refractivity (Wildman–Crippen MR) is 110 cm³/mol. The molecule has 0 atom stereocenters. The van der Waals surface area contributed by atoms with Crippen molar-refractivity contribution in [1.29, 1.82) is 0 Å². The van der Waals surface area contributed by atoms with Gasteiger partial charge in [-0.05, 0) is 54.5 Å². The van der Waals surface area contributed by atoms with E-state index in [-0.39, 0.29) is 17.4 Å². The number of aromatic amines is 1. The van der Waals surface area contributed by atoms with Crippen LogP contribution in [0.1, 0.15) is 60.3 Å². The molecule has 1 amide bonds. The highest BCUT2D eigenvalue weighted by Gasteiger charge is 2.29. The molecule has 0 radical (unpaired) electrons. The van der Waals surface area contributed by atoms with Gasteiger partial charge in [0.2, 0.25) is 0 Å². The van der Waals surface area contributed by atoms with Gasteiger partial charge in [-0.2, -0.15) is 0 Å². The van der Waals surface area contributed by atoms with E-state index in [4.69, 9.17) is 4.52 Å². The highest BCUT2D eigenvalue weighted by molar-refractivity contribution is 6.13. The van der Waals surface area contributed by atoms with Gasteiger partial charge in [0.05, 0.1) is 16.6 Å². The Labute approximate surface area is 166 Å². The Balaban J connectivity index is 1.58. The fourth-order valence-corrected chi connectivity index (χ4v) is 3.62. The number of H-pyrrole nitrogens is 1. The van der Waals surface area contributed by atoms with Crippen molar-refractivity contribution in [2.45, 2.75) is 38.5 Å². The number of nitrogens with one attached hydrogen (secondary N) is 2. The summed E-state index contributed by atoms with van der Waals surface area (Å²) in [4.78, 5) is 32.4. The quantitative estimate of drug-likeness (QED) is 0.542. The molecule has 2 N–H and O–H groups in total. The number of hydrogen-bond acceptors (Lipinski definition) is 5. The average Bonchev–Trinajstić information content (AvgIpc) is 3.46. The molecule has 3 heterocycles. The number of benzene rings is 1. The van der Waals surface area contributed by atoms with Crippen LogP contribution in [0, 0.1) is 0 Å². The lowest BCUT2D eigenvalue weighted by molar-refractivity contribution is 0.102. The number of hydrogen-bond donors (Lipinski definition) is 2. The normalized spacial score (nSPS) is 14.0. The van der Waals surface area contributed by atoms with Gasteiger partial charge in [-0.1, -0.05) is 19.0 Å². The summed E-state index contributed by atoms with van der Waals surface area (Å²) in [6.07, 6.45) is 3.74. The summed E-state index contributed by atoms with van der Waals surface area (Å²) in [7, 11) is 0. The second kappa shape index (κ2) is 6.55. The number of carbonyl (C=O) groups is 1. The van der Waals surface area contributed by atoms with Gasteiger partial charge in [0.25, 0.3) is 17.2 Å². The van der Waals surface area contributed by atoms with Crippen molar-refractivity contribution in [3.8, 4) is 0 Å². The topological polar surface area (TPSA) is 101 Å². The molecule has 7 nitrogen and oxygen atoms in total. The smallest absolute Gasteiger partial charge is 0.259 e. The van der Waals surface area contributed by atoms with E-state index in [1.165, 1.54) is 0 Å². The number of nitrogens with zero attached hydrogens (tertiary/aromatic N) is 2. The number of anilines is 1. The molecule has 5 rings (SSSR count). The van der Waals surface area contributed by atoms with Crippen molar-refractivity contribution in [3.63, 3.8) is 0 Å². The maximum Gasteiger partial charge on any atom is 0.259 e. The van der Waals surface area contributed by atoms with Crippen LogP contribution < -0.4 is 10.9 Å². The van der Waals surface area contributed by atoms with Crippen LogP contribution in [-0.2, 0) is 0 Å². The Morgan fingerprint density at radius 3 is 2.83 bits per heavy atom. The van der Waals surface area contributed by atoms with Crippen molar-refractivity contribution in [1.82, 2.24) is 15.1 Å². The van der Waals surface area contributed by atoms with E-state index >= 15 is 0 Å². The molecule has 0 aliphatic heterocycles. The summed E-state index contributed by atoms with van der Waals surface area (Å²) < 4.78 is 5.46. The number of carbonyl (C=O) groups excluding carboxylic acids is 1. The predicted octanol–water partition coefficient (Wildman–Crippen LogP) is 4.32. The summed E-state index contributed by atoms with van der Waals surface area (Å²) in [5.74, 6) is 0.239. The van der Waals surface area contributed by atoms with Gasteiger partial charge < -0.3 is 14.8 Å². The number of pyridine rings is 2. The van der Waals surface area contributed by atoms with Crippen LogP contribution in [0.25, 0.3) is 21.9 Å². The standard InChI is InChI=1S/C22H20N4O3/c1-11(2)19-18-16(10-17(12-3-4-12)25-22(18)29-26-19)21(28)24-14-5-6-15-13(9-14)7-8-23-20(15)27/h5-12H,3-4H2,1-2H3,(H,23,27)(H,24,28). The zero-order valence-electron chi connectivity index (χ0n) is 16.2. The van der Waals surface area contributed by atoms with Crippen LogP contribution in [0.2, 0.25) is 0 Å². The third kappa shape index (κ3) is 3.08. The maximum absolute atomic E-state index is 13.2. The largest absolute Gasteiger partial charge is 0.335 e. The van der Waals surface area contributed by atoms with Gasteiger partial charge >= 0.3 is 0 Å². The average molecular weight is 388 g/mol. The maximum atomic E-state index is 13.2. The van der Waals surface area contributed by atoms with Gasteiger partial charge in [0, 0.05) is 28.9 Å². The van der Waals surface area contributed by atoms with Gasteiger partial charge in [-0.3, -0.25) is 9.59 Å². The Hall–Kier alpha value is -3.48. The van der Waals surface area contributed by atoms with E-state index in [9.17, 15) is 9.59 Å². The molecule has 146 valence electrons. The molecular formula is C22H20N4O3. The Morgan fingerprint density at radius 1 is 1.24 bits per heavy atom. The number of aromatic nitrogens is 3. The van der Waals surface area contributed by atoms with Crippen LogP contribution in [0.4, 0.5) is 5.69 Å². The van der Waals surface area contributed by atoms with E-state index in [1.807, 2.05) is 19.9 Å². The Kier molecular flexibility index (Phi) is 3.97. The highest BCUT2D eigenvalue weighted by Crippen LogP contribution is 2.41. The zero-order chi connectivity index (χ0) is 20.1. The van der Waals surface area contributed by atoms with Crippen LogP contribution in [0.5, 0.6) is 0 Å². The third-order valence-corrected chi connectivity index (χ3v) is 5.31. The van der Waals surface area contributed by atoms with E-state index < -0.39 is 0 Å². The van der Waals surface area contributed by atoms with Gasteiger partial charge in [-0.15, -0.1) is 0 Å². The summed E-state index contributed by atoms with van der Waals surface area (Å²) in [5, 5.41) is 9.12. The van der Waals surface area contributed by atoms with E-state index in [0.717, 1.165) is 29.6 Å². The molecule has 1 fully saturated rings. The van der Waals surface area contributed by atoms with E-state index in [1.54, 1.807) is 30.5 Å². The first-order chi connectivity index (χ1) is 14.0. The number of fused-ring (bicyclic) bond motifs is 2. The lowest BCUT2D eigenvalue weighted by Gasteiger charge is -2.10. The van der Waals surface area contributed by atoms with Crippen LogP contribution in [-0.4, -0.2) is 21.0 Å². The van der Waals surface area contributed by atoms with E-state index in [0.29, 0.717) is 33.7 Å². The lowest BCUT2D eigenvalue weighted by Crippen LogP contribution is -2.14. The molecule has 1 aliphatic carbocycles. The van der Waals surface area contributed by atoms with E-state index in [2.05, 4.69) is 20.4 Å². The summed E-state index contributed by atoms with van der Waals surface area (Å²) in [6.45, 7) is 4.02. The van der Waals surface area contributed by atoms with Crippen molar-refractivity contribution in [3.05, 3.63) is 63.8 Å². The van der Waals surface area contributed by atoms with Crippen molar-refractivity contribution >= 4 is 33.5 Å². The van der Waals surface area contributed by atoms with Gasteiger partial charge in [0.1, 0.15) is 0 Å². The first-order valence-corrected chi connectivity index (χ1v) is 9.74. The minimum atomic E-state index is -0.242. The fourth-order valence-electron chi connectivity index (χ4n) is 3.62. The molecular weight excluding hydrogens is 368 g/mol. The molecule has 0 unspecified atom stereocenters. The van der Waals surface area contributed by atoms with Crippen LogP contribution in [0.15, 0.2) is 45.8 Å². The molecule has 0 saturated heterocycles. The van der Waals surface area contributed by atoms with Gasteiger partial charge in [-0.25, -0.2) is 4.98 Å². The molecule has 0 bridgehead atoms. The molecule has 3 aromatic heterocycles. The molecule has 29 heavy (non-hydrogen) atoms. The van der Waals surface area contributed by atoms with Crippen LogP contribution >= 0.6 is 0 Å². The van der Waals surface area contributed by atoms with Crippen molar-refractivity contribution in [2.75, 3.05) is 5.32 Å². The third-order valence-electron chi connectivity index (χ3n) is 5.31. The summed E-state index contributed by atoms with van der Waals surface area (Å²) >= 11 is 0. The molecule has 4 aromatic rings. The SMILES string of the molecule is CC(C)c1noc2nc(C3CC3)cc(C(=O)Nc3ccc4c(=O)[nH]ccc4c3)c12. The van der Waals surface area contributed by atoms with Crippen molar-refractivity contribution in [2.24, 2.45) is 0 Å². The summed E-state index contributed by atoms with van der Waals surface area (Å²) in [6, 6.07) is 8.90. The highest BCUT2D eigenvalue weighted by atomic mass is 16.5. The van der Waals surface area contributed by atoms with Crippen molar-refractivity contribution < 1.29 is 9.32 Å². The summed E-state index contributed by atoms with van der Waals surface area (Å²) in [5.41, 5.74) is 3.00. The fraction of sp³-hybridized carbons (Fsp3) is 0.273. The second-order valence-electron chi connectivity index (χ2n) is 7.83.